The van der Waals surface area contributed by atoms with Gasteiger partial charge in [-0.1, -0.05) is 146 Å². The third-order valence-corrected chi connectivity index (χ3v) is 10.4. The molecular formula is C46H29N. The maximum atomic E-state index is 4.58. The number of aromatic nitrogens is 1. The SMILES string of the molecule is c1ccc(-c2ccc(-c3ccc(-c4ccccn4)cc3)c3cc4c(cc23)-c2ccccc2C42c3ccccc3-c3ccccc32)cc1. The summed E-state index contributed by atoms with van der Waals surface area (Å²) in [6.07, 6.45) is 1.85. The summed E-state index contributed by atoms with van der Waals surface area (Å²) in [4.78, 5) is 4.58. The molecule has 2 aliphatic rings. The Balaban J connectivity index is 1.30. The van der Waals surface area contributed by atoms with Gasteiger partial charge in [0, 0.05) is 11.8 Å². The van der Waals surface area contributed by atoms with Crippen molar-refractivity contribution in [2.45, 2.75) is 5.41 Å². The van der Waals surface area contributed by atoms with Crippen molar-refractivity contribution in [2.75, 3.05) is 0 Å². The van der Waals surface area contributed by atoms with Gasteiger partial charge in [-0.2, -0.15) is 0 Å². The van der Waals surface area contributed by atoms with Gasteiger partial charge in [-0.15, -0.1) is 0 Å². The fraction of sp³-hybridized carbons (Fsp3) is 0.0217. The largest absolute Gasteiger partial charge is 0.256 e. The number of pyridine rings is 1. The molecule has 0 radical (unpaired) electrons. The minimum Gasteiger partial charge on any atom is -0.256 e. The lowest BCUT2D eigenvalue weighted by Crippen LogP contribution is -2.25. The molecule has 1 aromatic heterocycles. The fourth-order valence-electron chi connectivity index (χ4n) is 8.41. The van der Waals surface area contributed by atoms with Crippen molar-refractivity contribution in [3.8, 4) is 55.8 Å². The lowest BCUT2D eigenvalue weighted by atomic mass is 9.70. The first-order valence-electron chi connectivity index (χ1n) is 16.3. The van der Waals surface area contributed by atoms with E-state index < -0.39 is 0 Å². The second kappa shape index (κ2) is 9.97. The Morgan fingerprint density at radius 3 is 1.40 bits per heavy atom. The van der Waals surface area contributed by atoms with Gasteiger partial charge in [0.05, 0.1) is 11.1 Å². The molecule has 0 unspecified atom stereocenters. The number of hydrogen-bond donors (Lipinski definition) is 0. The van der Waals surface area contributed by atoms with E-state index in [0.717, 1.165) is 11.3 Å². The number of benzene rings is 7. The van der Waals surface area contributed by atoms with Gasteiger partial charge in [-0.25, -0.2) is 0 Å². The molecule has 218 valence electrons. The van der Waals surface area contributed by atoms with Crippen molar-refractivity contribution in [3.63, 3.8) is 0 Å². The zero-order valence-electron chi connectivity index (χ0n) is 25.7. The van der Waals surface area contributed by atoms with Gasteiger partial charge in [0.15, 0.2) is 0 Å². The summed E-state index contributed by atoms with van der Waals surface area (Å²) in [5.74, 6) is 0. The van der Waals surface area contributed by atoms with Gasteiger partial charge in [-0.3, -0.25) is 4.98 Å². The van der Waals surface area contributed by atoms with Crippen LogP contribution in [0.5, 0.6) is 0 Å². The van der Waals surface area contributed by atoms with Gasteiger partial charge < -0.3 is 0 Å². The van der Waals surface area contributed by atoms with E-state index in [1.165, 1.54) is 77.5 Å². The molecule has 2 aliphatic carbocycles. The third-order valence-electron chi connectivity index (χ3n) is 10.4. The Morgan fingerprint density at radius 2 is 0.809 bits per heavy atom. The smallest absolute Gasteiger partial charge is 0.0725 e. The van der Waals surface area contributed by atoms with Crippen LogP contribution in [0, 0.1) is 0 Å². The summed E-state index contributed by atoms with van der Waals surface area (Å²) < 4.78 is 0. The van der Waals surface area contributed by atoms with Crippen molar-refractivity contribution in [1.82, 2.24) is 4.98 Å². The highest BCUT2D eigenvalue weighted by Gasteiger charge is 2.51. The molecule has 0 amide bonds. The Kier molecular flexibility index (Phi) is 5.56. The topological polar surface area (TPSA) is 12.9 Å². The van der Waals surface area contributed by atoms with E-state index in [4.69, 9.17) is 0 Å². The molecule has 0 fully saturated rings. The molecule has 0 saturated heterocycles. The molecular weight excluding hydrogens is 567 g/mol. The molecule has 8 aromatic rings. The van der Waals surface area contributed by atoms with Crippen LogP contribution in [0.1, 0.15) is 22.3 Å². The van der Waals surface area contributed by atoms with Crippen LogP contribution in [0.25, 0.3) is 66.5 Å². The second-order valence-corrected chi connectivity index (χ2v) is 12.6. The summed E-state index contributed by atoms with van der Waals surface area (Å²) in [5.41, 5.74) is 17.4. The number of rotatable bonds is 3. The van der Waals surface area contributed by atoms with Crippen molar-refractivity contribution in [3.05, 3.63) is 198 Å². The lowest BCUT2D eigenvalue weighted by molar-refractivity contribution is 0.795. The second-order valence-electron chi connectivity index (χ2n) is 12.6. The quantitative estimate of drug-likeness (QED) is 0.198. The van der Waals surface area contributed by atoms with Crippen LogP contribution in [0.3, 0.4) is 0 Å². The van der Waals surface area contributed by atoms with Gasteiger partial charge in [-0.05, 0) is 102 Å². The summed E-state index contributed by atoms with van der Waals surface area (Å²) >= 11 is 0. The zero-order valence-corrected chi connectivity index (χ0v) is 25.7. The highest BCUT2D eigenvalue weighted by molar-refractivity contribution is 6.09. The fourth-order valence-corrected chi connectivity index (χ4v) is 8.41. The van der Waals surface area contributed by atoms with E-state index in [9.17, 15) is 0 Å². The van der Waals surface area contributed by atoms with Crippen LogP contribution in [-0.2, 0) is 5.41 Å². The minimum absolute atomic E-state index is 0.379. The predicted octanol–water partition coefficient (Wildman–Crippen LogP) is 11.6. The molecule has 7 aromatic carbocycles. The highest BCUT2D eigenvalue weighted by atomic mass is 14.7. The maximum Gasteiger partial charge on any atom is 0.0725 e. The normalized spacial score (nSPS) is 13.3. The third kappa shape index (κ3) is 3.63. The maximum absolute atomic E-state index is 4.58. The Bertz CT molecular complexity index is 2450. The van der Waals surface area contributed by atoms with Crippen LogP contribution in [0.2, 0.25) is 0 Å². The predicted molar refractivity (Wildman–Crippen MR) is 194 cm³/mol. The molecule has 0 atom stereocenters. The standard InChI is InChI=1S/C46H29N/c1-2-12-30(13-3-1)33-25-26-34(31-21-23-32(24-22-31)45-20-10-11-27-47-45)39-29-44-40(28-38(33)39)37-16-6-9-19-43(37)46(44)41-17-7-4-14-35(41)36-15-5-8-18-42(36)46/h1-29H. The summed E-state index contributed by atoms with van der Waals surface area (Å²) in [7, 11) is 0. The average molecular weight is 596 g/mol. The Labute approximate surface area is 274 Å². The van der Waals surface area contributed by atoms with Crippen molar-refractivity contribution < 1.29 is 0 Å². The van der Waals surface area contributed by atoms with Crippen LogP contribution in [0.15, 0.2) is 176 Å². The lowest BCUT2D eigenvalue weighted by Gasteiger charge is -2.30. The first-order valence-corrected chi connectivity index (χ1v) is 16.3. The summed E-state index contributed by atoms with van der Waals surface area (Å²) in [5, 5.41) is 2.54. The van der Waals surface area contributed by atoms with Crippen LogP contribution >= 0.6 is 0 Å². The van der Waals surface area contributed by atoms with Crippen LogP contribution in [-0.4, -0.2) is 4.98 Å². The number of nitrogens with zero attached hydrogens (tertiary/aromatic N) is 1. The van der Waals surface area contributed by atoms with Crippen LogP contribution < -0.4 is 0 Å². The monoisotopic (exact) mass is 595 g/mol. The van der Waals surface area contributed by atoms with Crippen molar-refractivity contribution >= 4 is 10.8 Å². The summed E-state index contributed by atoms with van der Waals surface area (Å²) in [6, 6.07) is 62.5. The number of fused-ring (bicyclic) bond motifs is 11. The molecule has 0 saturated carbocycles. The van der Waals surface area contributed by atoms with Crippen molar-refractivity contribution in [2.24, 2.45) is 0 Å². The van der Waals surface area contributed by atoms with Gasteiger partial charge >= 0.3 is 0 Å². The molecule has 0 aliphatic heterocycles. The van der Waals surface area contributed by atoms with Gasteiger partial charge in [0.25, 0.3) is 0 Å². The Morgan fingerprint density at radius 1 is 0.319 bits per heavy atom. The summed E-state index contributed by atoms with van der Waals surface area (Å²) in [6.45, 7) is 0. The average Bonchev–Trinajstić information content (AvgIpc) is 3.61. The molecule has 1 heteroatoms. The van der Waals surface area contributed by atoms with Crippen molar-refractivity contribution in [1.29, 1.82) is 0 Å². The van der Waals surface area contributed by atoms with E-state index in [1.54, 1.807) is 0 Å². The number of hydrogen-bond acceptors (Lipinski definition) is 1. The molecule has 1 heterocycles. The molecule has 10 rings (SSSR count). The molecule has 47 heavy (non-hydrogen) atoms. The van der Waals surface area contributed by atoms with E-state index in [1.807, 2.05) is 18.3 Å². The van der Waals surface area contributed by atoms with E-state index in [-0.39, 0.29) is 5.41 Å². The van der Waals surface area contributed by atoms with Gasteiger partial charge in [0.2, 0.25) is 0 Å². The highest BCUT2D eigenvalue weighted by Crippen LogP contribution is 2.63. The van der Waals surface area contributed by atoms with E-state index >= 15 is 0 Å². The molecule has 1 spiro atoms. The van der Waals surface area contributed by atoms with E-state index in [0.29, 0.717) is 0 Å². The molecule has 0 N–H and O–H groups in total. The zero-order chi connectivity index (χ0) is 31.0. The Hall–Kier alpha value is -6.05. The molecule has 0 bridgehead atoms. The van der Waals surface area contributed by atoms with E-state index in [2.05, 4.69) is 163 Å². The van der Waals surface area contributed by atoms with Crippen LogP contribution in [0.4, 0.5) is 0 Å². The van der Waals surface area contributed by atoms with Gasteiger partial charge in [0.1, 0.15) is 0 Å². The minimum atomic E-state index is -0.379. The first-order chi connectivity index (χ1) is 23.3. The first kappa shape index (κ1) is 26.2. The molecule has 1 nitrogen and oxygen atoms in total.